The Labute approximate surface area is 249 Å². The van der Waals surface area contributed by atoms with Crippen LogP contribution in [-0.4, -0.2) is 33.1 Å². The molecule has 212 valence electrons. The highest BCUT2D eigenvalue weighted by atomic mass is 35.5. The molecule has 0 bridgehead atoms. The largest absolute Gasteiger partial charge is 0.457 e. The molecule has 0 spiro atoms. The molecule has 0 fully saturated rings. The molecule has 0 aliphatic heterocycles. The van der Waals surface area contributed by atoms with E-state index in [2.05, 4.69) is 51.9 Å². The van der Waals surface area contributed by atoms with Crippen molar-refractivity contribution in [2.75, 3.05) is 5.32 Å². The first-order valence-electron chi connectivity index (χ1n) is 13.0. The molecule has 7 nitrogen and oxygen atoms in total. The summed E-state index contributed by atoms with van der Waals surface area (Å²) >= 11 is 7.19. The number of carbonyl (C=O) groups is 2. The van der Waals surface area contributed by atoms with Gasteiger partial charge in [0.1, 0.15) is 16.8 Å². The van der Waals surface area contributed by atoms with Gasteiger partial charge in [-0.15, -0.1) is 11.3 Å². The van der Waals surface area contributed by atoms with Crippen molar-refractivity contribution in [3.05, 3.63) is 119 Å². The Morgan fingerprint density at radius 1 is 0.805 bits per heavy atom. The number of hydrogen-bond acceptors (Lipinski definition) is 8. The summed E-state index contributed by atoms with van der Waals surface area (Å²) < 4.78 is 5.41. The first kappa shape index (κ1) is 30.0. The highest BCUT2D eigenvalue weighted by molar-refractivity contribution is 7.14. The van der Waals surface area contributed by atoms with Crippen LogP contribution in [0.2, 0.25) is 0 Å². The second-order valence-corrected chi connectivity index (χ2v) is 12.0. The van der Waals surface area contributed by atoms with E-state index in [0.717, 1.165) is 16.7 Å². The lowest BCUT2D eigenvalue weighted by atomic mass is 9.77. The zero-order chi connectivity index (χ0) is 29.7. The van der Waals surface area contributed by atoms with E-state index in [1.807, 2.05) is 54.6 Å². The number of oxime groups is 1. The van der Waals surface area contributed by atoms with Crippen LogP contribution in [-0.2, 0) is 24.7 Å². The number of nitrogens with zero attached hydrogens (tertiary/aromatic N) is 2. The lowest BCUT2D eigenvalue weighted by molar-refractivity contribution is -0.179. The lowest BCUT2D eigenvalue weighted by Gasteiger charge is -2.36. The van der Waals surface area contributed by atoms with E-state index in [-0.39, 0.29) is 11.4 Å². The van der Waals surface area contributed by atoms with Gasteiger partial charge in [-0.25, -0.2) is 9.78 Å². The Kier molecular flexibility index (Phi) is 8.95. The first-order valence-corrected chi connectivity index (χ1v) is 14.3. The molecule has 41 heavy (non-hydrogen) atoms. The third-order valence-corrected chi connectivity index (χ3v) is 7.04. The minimum atomic E-state index is -1.47. The van der Waals surface area contributed by atoms with Gasteiger partial charge < -0.3 is 14.9 Å². The second kappa shape index (κ2) is 12.2. The Morgan fingerprint density at radius 3 is 1.68 bits per heavy atom. The Bertz CT molecular complexity index is 1420. The van der Waals surface area contributed by atoms with E-state index >= 15 is 0 Å². The van der Waals surface area contributed by atoms with E-state index in [0.29, 0.717) is 5.13 Å². The van der Waals surface area contributed by atoms with Gasteiger partial charge in [-0.2, -0.15) is 0 Å². The zero-order valence-corrected chi connectivity index (χ0v) is 25.1. The molecule has 3 aromatic carbocycles. The minimum absolute atomic E-state index is 0.209. The van der Waals surface area contributed by atoms with Gasteiger partial charge in [0.25, 0.3) is 5.24 Å². The number of benzene rings is 3. The molecule has 0 radical (unpaired) electrons. The van der Waals surface area contributed by atoms with Crippen LogP contribution in [0.1, 0.15) is 57.0 Å². The minimum Gasteiger partial charge on any atom is -0.457 e. The maximum Gasteiger partial charge on any atom is 0.353 e. The highest BCUT2D eigenvalue weighted by Crippen LogP contribution is 2.40. The van der Waals surface area contributed by atoms with Crippen molar-refractivity contribution in [2.24, 2.45) is 5.16 Å². The van der Waals surface area contributed by atoms with Gasteiger partial charge in [0.05, 0.1) is 0 Å². The molecule has 0 atom stereocenters. The number of ether oxygens (including phenoxy) is 1. The molecular weight excluding hydrogens is 558 g/mol. The molecule has 0 saturated heterocycles. The summed E-state index contributed by atoms with van der Waals surface area (Å²) in [6, 6.07) is 30.2. The molecule has 1 N–H and O–H groups in total. The molecule has 0 saturated carbocycles. The maximum atomic E-state index is 12.6. The number of rotatable bonds is 10. The Hall–Kier alpha value is -4.01. The predicted molar refractivity (Wildman–Crippen MR) is 163 cm³/mol. The summed E-state index contributed by atoms with van der Waals surface area (Å²) in [6.45, 7) is 8.26. The average molecular weight is 590 g/mol. The van der Waals surface area contributed by atoms with Gasteiger partial charge in [-0.3, -0.25) is 4.79 Å². The van der Waals surface area contributed by atoms with Gasteiger partial charge in [0.15, 0.2) is 10.8 Å². The molecule has 4 aromatic rings. The summed E-state index contributed by atoms with van der Waals surface area (Å²) in [6.07, 6.45) is 0. The SMILES string of the molecule is CC(C)(C)OC(=O)C(C)(C)O/N=C(/C(=O)Cl)c1csc(NC(c2ccccc2)(c2ccccc2)c2ccccc2)n1. The van der Waals surface area contributed by atoms with Crippen LogP contribution in [0.5, 0.6) is 0 Å². The van der Waals surface area contributed by atoms with E-state index in [9.17, 15) is 9.59 Å². The summed E-state index contributed by atoms with van der Waals surface area (Å²) in [5, 5.41) is 8.92. The molecule has 9 heteroatoms. The molecule has 0 aliphatic carbocycles. The quantitative estimate of drug-likeness (QED) is 0.0694. The number of thiazole rings is 1. The molecule has 0 amide bonds. The molecular formula is C32H32ClN3O4S. The van der Waals surface area contributed by atoms with E-state index < -0.39 is 28.0 Å². The second-order valence-electron chi connectivity index (χ2n) is 10.8. The monoisotopic (exact) mass is 589 g/mol. The standard InChI is InChI=1S/C32H32ClN3O4S/c1-30(2,3)39-28(38)31(4,5)40-36-26(27(33)37)25-21-41-29(34-25)35-32(22-15-9-6-10-16-22,23-17-11-7-12-18-23)24-19-13-8-14-20-24/h6-21H,1-5H3,(H,34,35)/b36-26+. The van der Waals surface area contributed by atoms with Crippen molar-refractivity contribution >= 4 is 45.0 Å². The number of halogens is 1. The lowest BCUT2D eigenvalue weighted by Crippen LogP contribution is -2.40. The molecule has 1 heterocycles. The number of anilines is 1. The average Bonchev–Trinajstić information content (AvgIpc) is 3.40. The van der Waals surface area contributed by atoms with E-state index in [4.69, 9.17) is 21.2 Å². The van der Waals surface area contributed by atoms with E-state index in [1.165, 1.54) is 25.2 Å². The van der Waals surface area contributed by atoms with Crippen LogP contribution in [0.25, 0.3) is 0 Å². The number of esters is 1. The number of carbonyl (C=O) groups excluding carboxylic acids is 2. The number of hydrogen-bond donors (Lipinski definition) is 1. The van der Waals surface area contributed by atoms with Crippen LogP contribution in [0, 0.1) is 0 Å². The van der Waals surface area contributed by atoms with Crippen molar-refractivity contribution in [3.8, 4) is 0 Å². The smallest absolute Gasteiger partial charge is 0.353 e. The van der Waals surface area contributed by atoms with Crippen molar-refractivity contribution < 1.29 is 19.2 Å². The topological polar surface area (TPSA) is 89.9 Å². The van der Waals surface area contributed by atoms with Gasteiger partial charge in [-0.1, -0.05) is 96.2 Å². The molecule has 0 unspecified atom stereocenters. The molecule has 0 aliphatic rings. The van der Waals surface area contributed by atoms with Crippen LogP contribution in [0.3, 0.4) is 0 Å². The van der Waals surface area contributed by atoms with Crippen LogP contribution in [0.4, 0.5) is 5.13 Å². The Morgan fingerprint density at radius 2 is 1.27 bits per heavy atom. The molecule has 4 rings (SSSR count). The van der Waals surface area contributed by atoms with Crippen molar-refractivity contribution in [2.45, 2.75) is 51.4 Å². The van der Waals surface area contributed by atoms with Crippen LogP contribution >= 0.6 is 22.9 Å². The van der Waals surface area contributed by atoms with Gasteiger partial charge in [0.2, 0.25) is 5.60 Å². The third-order valence-electron chi connectivity index (χ3n) is 6.10. The van der Waals surface area contributed by atoms with Crippen LogP contribution < -0.4 is 5.32 Å². The van der Waals surface area contributed by atoms with Crippen molar-refractivity contribution in [1.29, 1.82) is 0 Å². The predicted octanol–water partition coefficient (Wildman–Crippen LogP) is 7.15. The Balaban J connectivity index is 1.74. The fraction of sp³-hybridized carbons (Fsp3) is 0.250. The van der Waals surface area contributed by atoms with Gasteiger partial charge >= 0.3 is 5.97 Å². The summed E-state index contributed by atoms with van der Waals surface area (Å²) in [4.78, 5) is 35.2. The summed E-state index contributed by atoms with van der Waals surface area (Å²) in [7, 11) is 0. The van der Waals surface area contributed by atoms with Gasteiger partial charge in [-0.05, 0) is 62.9 Å². The summed E-state index contributed by atoms with van der Waals surface area (Å²) in [5.74, 6) is -0.630. The maximum absolute atomic E-state index is 12.6. The highest BCUT2D eigenvalue weighted by Gasteiger charge is 2.38. The summed E-state index contributed by atoms with van der Waals surface area (Å²) in [5.41, 5.74) is -0.0127. The first-order chi connectivity index (χ1) is 19.4. The van der Waals surface area contributed by atoms with Crippen molar-refractivity contribution in [3.63, 3.8) is 0 Å². The van der Waals surface area contributed by atoms with Crippen LogP contribution in [0.15, 0.2) is 102 Å². The molecule has 1 aromatic heterocycles. The van der Waals surface area contributed by atoms with Gasteiger partial charge in [0, 0.05) is 5.38 Å². The number of aromatic nitrogens is 1. The third kappa shape index (κ3) is 7.01. The number of nitrogens with one attached hydrogen (secondary N) is 1. The fourth-order valence-corrected chi connectivity index (χ4v) is 5.04. The zero-order valence-electron chi connectivity index (χ0n) is 23.6. The van der Waals surface area contributed by atoms with E-state index in [1.54, 1.807) is 26.2 Å². The fourth-order valence-electron chi connectivity index (χ4n) is 4.16. The normalized spacial score (nSPS) is 12.5. The van der Waals surface area contributed by atoms with Crippen molar-refractivity contribution in [1.82, 2.24) is 4.98 Å².